The molecule has 0 unspecified atom stereocenters. The predicted molar refractivity (Wildman–Crippen MR) is 74.5 cm³/mol. The third-order valence-corrected chi connectivity index (χ3v) is 2.02. The lowest BCUT2D eigenvalue weighted by Gasteiger charge is -2.17. The van der Waals surface area contributed by atoms with Crippen molar-refractivity contribution in [3.63, 3.8) is 0 Å². The minimum atomic E-state index is -0.629. The van der Waals surface area contributed by atoms with Crippen molar-refractivity contribution >= 4 is 17.7 Å². The van der Waals surface area contributed by atoms with E-state index in [0.29, 0.717) is 11.3 Å². The van der Waals surface area contributed by atoms with Crippen LogP contribution in [-0.4, -0.2) is 30.7 Å². The van der Waals surface area contributed by atoms with Gasteiger partial charge in [0.2, 0.25) is 0 Å². The average Bonchev–Trinajstić information content (AvgIpc) is 2.41. The number of nitrogens with one attached hydrogen (secondary N) is 1. The second-order valence-electron chi connectivity index (χ2n) is 3.29. The number of rotatable bonds is 2. The number of hydrogen-bond acceptors (Lipinski definition) is 4. The number of amides is 2. The summed E-state index contributed by atoms with van der Waals surface area (Å²) >= 11 is 0. The van der Waals surface area contributed by atoms with E-state index in [1.54, 1.807) is 31.2 Å². The predicted octanol–water partition coefficient (Wildman–Crippen LogP) is 2.03. The number of hydrogen-bond donors (Lipinski definition) is 2. The number of ether oxygens (including phenoxy) is 1. The molecule has 0 saturated carbocycles. The van der Waals surface area contributed by atoms with Gasteiger partial charge in [-0.2, -0.15) is 0 Å². The summed E-state index contributed by atoms with van der Waals surface area (Å²) < 4.78 is 4.71. The number of carbonyl (C=O) groups is 2. The fourth-order valence-corrected chi connectivity index (χ4v) is 1.18. The maximum absolute atomic E-state index is 11.7. The summed E-state index contributed by atoms with van der Waals surface area (Å²) in [7, 11) is 1.40. The minimum absolute atomic E-state index is 0.243. The zero-order valence-electron chi connectivity index (χ0n) is 11.8. The highest BCUT2D eigenvalue weighted by Gasteiger charge is 2.15. The van der Waals surface area contributed by atoms with Crippen LogP contribution in [0.4, 0.5) is 10.5 Å². The number of nitrogens with zero attached hydrogens (tertiary/aromatic N) is 1. The number of hydrazine groups is 1. The van der Waals surface area contributed by atoms with Crippen LogP contribution in [0.1, 0.15) is 31.1 Å². The Morgan fingerprint density at radius 1 is 1.32 bits per heavy atom. The van der Waals surface area contributed by atoms with E-state index in [9.17, 15) is 9.59 Å². The Labute approximate surface area is 113 Å². The van der Waals surface area contributed by atoms with Crippen molar-refractivity contribution in [3.8, 4) is 0 Å². The normalized spacial score (nSPS) is 8.84. The van der Waals surface area contributed by atoms with Gasteiger partial charge in [0.1, 0.15) is 0 Å². The number of nitrogen functional groups attached to an aromatic ring is 1. The molecule has 1 aromatic rings. The molecule has 2 amide bonds. The molecule has 0 radical (unpaired) electrons. The second kappa shape index (κ2) is 8.79. The van der Waals surface area contributed by atoms with E-state index in [0.717, 1.165) is 5.01 Å². The van der Waals surface area contributed by atoms with Crippen molar-refractivity contribution < 1.29 is 14.3 Å². The van der Waals surface area contributed by atoms with E-state index in [1.165, 1.54) is 7.05 Å². The molecule has 0 spiro atoms. The van der Waals surface area contributed by atoms with Gasteiger partial charge in [-0.1, -0.05) is 26.0 Å². The Bertz CT molecular complexity index is 421. The van der Waals surface area contributed by atoms with E-state index in [-0.39, 0.29) is 6.61 Å². The van der Waals surface area contributed by atoms with Gasteiger partial charge in [-0.05, 0) is 19.1 Å². The molecule has 0 atom stereocenters. The molecule has 106 valence electrons. The van der Waals surface area contributed by atoms with Gasteiger partial charge < -0.3 is 10.5 Å². The molecule has 1 aromatic carbocycles. The van der Waals surface area contributed by atoms with Gasteiger partial charge in [0.15, 0.2) is 0 Å². The van der Waals surface area contributed by atoms with Crippen molar-refractivity contribution in [1.29, 1.82) is 0 Å². The summed E-state index contributed by atoms with van der Waals surface area (Å²) in [6.45, 7) is 5.93. The fourth-order valence-electron chi connectivity index (χ4n) is 1.18. The summed E-state index contributed by atoms with van der Waals surface area (Å²) in [5.74, 6) is -0.460. The third-order valence-electron chi connectivity index (χ3n) is 2.02. The molecule has 19 heavy (non-hydrogen) atoms. The average molecular weight is 267 g/mol. The third kappa shape index (κ3) is 5.29. The highest BCUT2D eigenvalue weighted by molar-refractivity contribution is 5.99. The Balaban J connectivity index is 0.00000154. The lowest BCUT2D eigenvalue weighted by atomic mass is 10.2. The smallest absolute Gasteiger partial charge is 0.428 e. The van der Waals surface area contributed by atoms with Gasteiger partial charge in [0, 0.05) is 12.7 Å². The van der Waals surface area contributed by atoms with Crippen LogP contribution in [0, 0.1) is 0 Å². The van der Waals surface area contributed by atoms with Crippen LogP contribution in [0.3, 0.4) is 0 Å². The molecule has 0 aliphatic carbocycles. The second-order valence-corrected chi connectivity index (χ2v) is 3.29. The largest absolute Gasteiger partial charge is 0.449 e. The zero-order valence-corrected chi connectivity index (χ0v) is 11.8. The van der Waals surface area contributed by atoms with Crippen molar-refractivity contribution in [1.82, 2.24) is 10.4 Å². The maximum Gasteiger partial charge on any atom is 0.428 e. The van der Waals surface area contributed by atoms with Crippen molar-refractivity contribution in [2.45, 2.75) is 20.8 Å². The van der Waals surface area contributed by atoms with E-state index in [4.69, 9.17) is 10.5 Å². The first-order valence-electron chi connectivity index (χ1n) is 6.12. The van der Waals surface area contributed by atoms with Gasteiger partial charge in [-0.15, -0.1) is 0 Å². The van der Waals surface area contributed by atoms with Crippen LogP contribution in [0.5, 0.6) is 0 Å². The molecule has 0 fully saturated rings. The molecule has 0 aromatic heterocycles. The van der Waals surface area contributed by atoms with Gasteiger partial charge in [0.25, 0.3) is 5.91 Å². The van der Waals surface area contributed by atoms with E-state index in [1.807, 2.05) is 13.8 Å². The minimum Gasteiger partial charge on any atom is -0.449 e. The van der Waals surface area contributed by atoms with E-state index < -0.39 is 12.0 Å². The Morgan fingerprint density at radius 2 is 1.89 bits per heavy atom. The van der Waals surface area contributed by atoms with E-state index in [2.05, 4.69) is 5.43 Å². The van der Waals surface area contributed by atoms with Crippen LogP contribution in [0.25, 0.3) is 0 Å². The summed E-state index contributed by atoms with van der Waals surface area (Å²) in [5.41, 5.74) is 8.66. The topological polar surface area (TPSA) is 84.7 Å². The quantitative estimate of drug-likeness (QED) is 0.634. The molecule has 6 nitrogen and oxygen atoms in total. The number of nitrogens with two attached hydrogens (primary N) is 1. The first-order chi connectivity index (χ1) is 9.06. The molecule has 6 heteroatoms. The molecule has 3 N–H and O–H groups in total. The van der Waals surface area contributed by atoms with Gasteiger partial charge >= 0.3 is 6.09 Å². The number of benzene rings is 1. The van der Waals surface area contributed by atoms with Crippen molar-refractivity contribution in [2.24, 2.45) is 0 Å². The number of para-hydroxylation sites is 1. The first kappa shape index (κ1) is 16.8. The Hall–Kier alpha value is -2.24. The lowest BCUT2D eigenvalue weighted by Crippen LogP contribution is -2.43. The fraction of sp³-hybridized carbons (Fsp3) is 0.385. The standard InChI is InChI=1S/C11H15N3O3.C2H6/c1-3-17-11(16)14(2)13-10(15)8-6-4-5-7-9(8)12;1-2/h4-7H,3,12H2,1-2H3,(H,13,15);1-2H3. The molecule has 0 heterocycles. The summed E-state index contributed by atoms with van der Waals surface area (Å²) in [4.78, 5) is 23.0. The molecule has 0 aliphatic heterocycles. The maximum atomic E-state index is 11.7. The van der Waals surface area contributed by atoms with Crippen molar-refractivity contribution in [3.05, 3.63) is 29.8 Å². The summed E-state index contributed by atoms with van der Waals surface area (Å²) in [6, 6.07) is 6.60. The van der Waals surface area contributed by atoms with Gasteiger partial charge in [-0.3, -0.25) is 10.2 Å². The van der Waals surface area contributed by atoms with Crippen LogP contribution in [0.15, 0.2) is 24.3 Å². The van der Waals surface area contributed by atoms with Gasteiger partial charge in [-0.25, -0.2) is 9.80 Å². The molecular formula is C13H21N3O3. The van der Waals surface area contributed by atoms with Crippen molar-refractivity contribution in [2.75, 3.05) is 19.4 Å². The summed E-state index contributed by atoms with van der Waals surface area (Å²) in [6.07, 6.45) is -0.629. The van der Waals surface area contributed by atoms with Crippen LogP contribution < -0.4 is 11.2 Å². The molecule has 0 saturated heterocycles. The Morgan fingerprint density at radius 3 is 2.42 bits per heavy atom. The van der Waals surface area contributed by atoms with Crippen LogP contribution in [-0.2, 0) is 4.74 Å². The Kier molecular flexibility index (Phi) is 7.76. The molecule has 0 bridgehead atoms. The summed E-state index contributed by atoms with van der Waals surface area (Å²) in [5, 5.41) is 0.971. The lowest BCUT2D eigenvalue weighted by molar-refractivity contribution is 0.0725. The zero-order chi connectivity index (χ0) is 14.8. The van der Waals surface area contributed by atoms with Crippen LogP contribution in [0.2, 0.25) is 0 Å². The molecule has 0 aliphatic rings. The van der Waals surface area contributed by atoms with E-state index >= 15 is 0 Å². The monoisotopic (exact) mass is 267 g/mol. The molecular weight excluding hydrogens is 246 g/mol. The van der Waals surface area contributed by atoms with Crippen LogP contribution >= 0.6 is 0 Å². The highest BCUT2D eigenvalue weighted by Crippen LogP contribution is 2.09. The van der Waals surface area contributed by atoms with Gasteiger partial charge in [0.05, 0.1) is 12.2 Å². The number of anilines is 1. The SMILES string of the molecule is CC.CCOC(=O)N(C)NC(=O)c1ccccc1N. The number of carbonyl (C=O) groups excluding carboxylic acids is 2. The first-order valence-corrected chi connectivity index (χ1v) is 6.12. The highest BCUT2D eigenvalue weighted by atomic mass is 16.6. The molecule has 1 rings (SSSR count).